The number of nitrogens with zero attached hydrogens (tertiary/aromatic N) is 3. The highest BCUT2D eigenvalue weighted by Crippen LogP contribution is 2.17. The Kier molecular flexibility index (Phi) is 6.74. The maximum absolute atomic E-state index is 12.4. The molecule has 1 aromatic carbocycles. The number of piperidine rings is 1. The van der Waals surface area contributed by atoms with Gasteiger partial charge in [-0.1, -0.05) is 18.2 Å². The predicted octanol–water partition coefficient (Wildman–Crippen LogP) is 1.61. The molecule has 6 heteroatoms. The van der Waals surface area contributed by atoms with Crippen LogP contribution in [-0.4, -0.2) is 79.4 Å². The van der Waals surface area contributed by atoms with Gasteiger partial charge in [-0.05, 0) is 37.8 Å². The van der Waals surface area contributed by atoms with E-state index in [4.69, 9.17) is 0 Å². The lowest BCUT2D eigenvalue weighted by Crippen LogP contribution is -2.54. The Balaban J connectivity index is 1.40. The molecule has 144 valence electrons. The number of para-hydroxylation sites is 1. The van der Waals surface area contributed by atoms with E-state index < -0.39 is 0 Å². The second-order valence-electron chi connectivity index (χ2n) is 7.53. The number of aliphatic hydroxyl groups excluding tert-OH is 1. The summed E-state index contributed by atoms with van der Waals surface area (Å²) in [5.74, 6) is 0.234. The molecule has 2 fully saturated rings. The first-order valence-corrected chi connectivity index (χ1v) is 9.85. The van der Waals surface area contributed by atoms with E-state index in [1.807, 2.05) is 4.90 Å². The number of aliphatic hydroxyl groups is 1. The number of carbonyl (C=O) groups is 1. The molecule has 2 atom stereocenters. The van der Waals surface area contributed by atoms with Gasteiger partial charge in [0.05, 0.1) is 0 Å². The summed E-state index contributed by atoms with van der Waals surface area (Å²) in [6.07, 6.45) is 2.00. The van der Waals surface area contributed by atoms with E-state index in [1.54, 1.807) is 0 Å². The molecule has 0 saturated carbocycles. The third kappa shape index (κ3) is 4.89. The molecule has 0 aliphatic carbocycles. The Morgan fingerprint density at radius 2 is 1.92 bits per heavy atom. The van der Waals surface area contributed by atoms with E-state index in [0.717, 1.165) is 45.6 Å². The van der Waals surface area contributed by atoms with Crippen molar-refractivity contribution in [1.29, 1.82) is 0 Å². The highest BCUT2D eigenvalue weighted by atomic mass is 16.3. The Hall–Kier alpha value is -1.79. The minimum Gasteiger partial charge on any atom is -0.396 e. The van der Waals surface area contributed by atoms with Crippen LogP contribution in [0.5, 0.6) is 0 Å². The molecule has 0 aromatic heterocycles. The lowest BCUT2D eigenvalue weighted by Gasteiger charge is -2.39. The third-order valence-corrected chi connectivity index (χ3v) is 5.67. The second kappa shape index (κ2) is 9.24. The van der Waals surface area contributed by atoms with Crippen LogP contribution >= 0.6 is 0 Å². The Morgan fingerprint density at radius 3 is 2.62 bits per heavy atom. The number of carbonyl (C=O) groups excluding carboxylic acids is 1. The summed E-state index contributed by atoms with van der Waals surface area (Å²) in [5, 5.41) is 12.4. The van der Waals surface area contributed by atoms with Crippen molar-refractivity contribution in [1.82, 2.24) is 15.1 Å². The summed E-state index contributed by atoms with van der Waals surface area (Å²) in [4.78, 5) is 19.1. The van der Waals surface area contributed by atoms with Crippen LogP contribution in [0.2, 0.25) is 0 Å². The minimum atomic E-state index is 0.0120. The quantitative estimate of drug-likeness (QED) is 0.838. The van der Waals surface area contributed by atoms with Crippen LogP contribution in [0, 0.1) is 5.92 Å². The van der Waals surface area contributed by atoms with Gasteiger partial charge in [-0.2, -0.15) is 0 Å². The smallest absolute Gasteiger partial charge is 0.317 e. The van der Waals surface area contributed by atoms with Crippen molar-refractivity contribution in [2.45, 2.75) is 25.8 Å². The number of hydrogen-bond donors (Lipinski definition) is 2. The Labute approximate surface area is 156 Å². The first-order valence-electron chi connectivity index (χ1n) is 9.85. The lowest BCUT2D eigenvalue weighted by atomic mass is 9.99. The van der Waals surface area contributed by atoms with E-state index in [9.17, 15) is 9.90 Å². The average Bonchev–Trinajstić information content (AvgIpc) is 2.72. The maximum atomic E-state index is 12.4. The fraction of sp³-hybridized carbons (Fsp3) is 0.650. The zero-order valence-electron chi connectivity index (χ0n) is 15.8. The van der Waals surface area contributed by atoms with Gasteiger partial charge in [-0.15, -0.1) is 0 Å². The summed E-state index contributed by atoms with van der Waals surface area (Å²) in [5.41, 5.74) is 1.29. The zero-order valence-corrected chi connectivity index (χ0v) is 15.8. The van der Waals surface area contributed by atoms with Crippen LogP contribution in [0.1, 0.15) is 19.8 Å². The molecule has 6 nitrogen and oxygen atoms in total. The summed E-state index contributed by atoms with van der Waals surface area (Å²) in [6, 6.07) is 10.9. The van der Waals surface area contributed by atoms with Gasteiger partial charge in [0.15, 0.2) is 0 Å². The number of piperazine rings is 1. The highest BCUT2D eigenvalue weighted by molar-refractivity contribution is 5.74. The number of likely N-dealkylation sites (tertiary alicyclic amines) is 1. The average molecular weight is 361 g/mol. The molecular weight excluding hydrogens is 328 g/mol. The van der Waals surface area contributed by atoms with Crippen LogP contribution in [0.15, 0.2) is 30.3 Å². The van der Waals surface area contributed by atoms with Crippen molar-refractivity contribution in [3.63, 3.8) is 0 Å². The standard InChI is InChI=1S/C20H32N4O2/c1-17(14-21-20(26)24-9-5-6-18(15-24)16-25)22-10-12-23(13-11-22)19-7-3-2-4-8-19/h2-4,7-8,17-18,25H,5-6,9-16H2,1H3,(H,21,26). The van der Waals surface area contributed by atoms with E-state index in [0.29, 0.717) is 19.1 Å². The molecule has 2 aliphatic rings. The maximum Gasteiger partial charge on any atom is 0.317 e. The van der Waals surface area contributed by atoms with Gasteiger partial charge in [0, 0.05) is 64.1 Å². The number of nitrogens with one attached hydrogen (secondary N) is 1. The summed E-state index contributed by atoms with van der Waals surface area (Å²) >= 11 is 0. The first kappa shape index (κ1) is 19.0. The molecule has 26 heavy (non-hydrogen) atoms. The minimum absolute atomic E-state index is 0.0120. The number of hydrogen-bond acceptors (Lipinski definition) is 4. The molecule has 2 saturated heterocycles. The largest absolute Gasteiger partial charge is 0.396 e. The molecule has 2 unspecified atom stereocenters. The van der Waals surface area contributed by atoms with Gasteiger partial charge in [0.25, 0.3) is 0 Å². The topological polar surface area (TPSA) is 59.1 Å². The second-order valence-corrected chi connectivity index (χ2v) is 7.53. The molecule has 2 amide bonds. The monoisotopic (exact) mass is 360 g/mol. The lowest BCUT2D eigenvalue weighted by molar-refractivity contribution is 0.126. The van der Waals surface area contributed by atoms with E-state index in [-0.39, 0.29) is 18.6 Å². The zero-order chi connectivity index (χ0) is 18.4. The van der Waals surface area contributed by atoms with Crippen molar-refractivity contribution < 1.29 is 9.90 Å². The van der Waals surface area contributed by atoms with E-state index in [1.165, 1.54) is 5.69 Å². The number of urea groups is 1. The van der Waals surface area contributed by atoms with Crippen LogP contribution in [0.3, 0.4) is 0 Å². The van der Waals surface area contributed by atoms with Crippen molar-refractivity contribution in [2.24, 2.45) is 5.92 Å². The normalized spacial score (nSPS) is 22.9. The molecule has 2 aliphatic heterocycles. The number of rotatable bonds is 5. The van der Waals surface area contributed by atoms with Gasteiger partial charge in [-0.25, -0.2) is 4.79 Å². The predicted molar refractivity (Wildman–Crippen MR) is 104 cm³/mol. The number of anilines is 1. The van der Waals surface area contributed by atoms with Gasteiger partial charge in [0.1, 0.15) is 0 Å². The van der Waals surface area contributed by atoms with Gasteiger partial charge < -0.3 is 20.2 Å². The van der Waals surface area contributed by atoms with E-state index in [2.05, 4.69) is 52.4 Å². The summed E-state index contributed by atoms with van der Waals surface area (Å²) in [6.45, 7) is 8.57. The van der Waals surface area contributed by atoms with Crippen molar-refractivity contribution in [3.8, 4) is 0 Å². The third-order valence-electron chi connectivity index (χ3n) is 5.67. The SMILES string of the molecule is CC(CNC(=O)N1CCCC(CO)C1)N1CCN(c2ccccc2)CC1. The fourth-order valence-electron chi connectivity index (χ4n) is 3.93. The van der Waals surface area contributed by atoms with Gasteiger partial charge in [-0.3, -0.25) is 4.90 Å². The van der Waals surface area contributed by atoms with Crippen molar-refractivity contribution in [2.75, 3.05) is 57.3 Å². The van der Waals surface area contributed by atoms with Crippen molar-refractivity contribution in [3.05, 3.63) is 30.3 Å². The highest BCUT2D eigenvalue weighted by Gasteiger charge is 2.25. The fourth-order valence-corrected chi connectivity index (χ4v) is 3.93. The molecule has 0 radical (unpaired) electrons. The molecular formula is C20H32N4O2. The molecule has 2 N–H and O–H groups in total. The van der Waals surface area contributed by atoms with Crippen LogP contribution in [-0.2, 0) is 0 Å². The Morgan fingerprint density at radius 1 is 1.19 bits per heavy atom. The molecule has 3 rings (SSSR count). The Bertz CT molecular complexity index is 560. The number of benzene rings is 1. The molecule has 0 bridgehead atoms. The molecule has 1 aromatic rings. The van der Waals surface area contributed by atoms with Crippen LogP contribution < -0.4 is 10.2 Å². The van der Waals surface area contributed by atoms with Crippen molar-refractivity contribution >= 4 is 11.7 Å². The first-order chi connectivity index (χ1) is 12.7. The van der Waals surface area contributed by atoms with Crippen LogP contribution in [0.4, 0.5) is 10.5 Å². The number of amides is 2. The van der Waals surface area contributed by atoms with Gasteiger partial charge >= 0.3 is 6.03 Å². The van der Waals surface area contributed by atoms with Crippen LogP contribution in [0.25, 0.3) is 0 Å². The summed E-state index contributed by atoms with van der Waals surface area (Å²) in [7, 11) is 0. The summed E-state index contributed by atoms with van der Waals surface area (Å²) < 4.78 is 0. The van der Waals surface area contributed by atoms with Gasteiger partial charge in [0.2, 0.25) is 0 Å². The van der Waals surface area contributed by atoms with E-state index >= 15 is 0 Å². The molecule has 0 spiro atoms. The molecule has 2 heterocycles.